The molecule has 7 heteroatoms. The number of carbonyl (C=O) groups excluding carboxylic acids is 1. The van der Waals surface area contributed by atoms with Gasteiger partial charge in [0.25, 0.3) is 0 Å². The largest absolute Gasteiger partial charge is 0.464 e. The van der Waals surface area contributed by atoms with Crippen molar-refractivity contribution < 1.29 is 26.3 Å². The molecular weight excluding hydrogens is 200 g/mol. The van der Waals surface area contributed by atoms with E-state index in [1.165, 1.54) is 6.92 Å². The molecule has 78 valence electrons. The van der Waals surface area contributed by atoms with Gasteiger partial charge >= 0.3 is 16.4 Å². The van der Waals surface area contributed by atoms with E-state index in [4.69, 9.17) is 0 Å². The second kappa shape index (κ2) is 5.90. The average molecular weight is 212 g/mol. The number of esters is 1. The molecule has 13 heavy (non-hydrogen) atoms. The van der Waals surface area contributed by atoms with Gasteiger partial charge < -0.3 is 4.74 Å². The van der Waals surface area contributed by atoms with E-state index in [1.807, 2.05) is 0 Å². The molecule has 0 bridgehead atoms. The number of hydrogen-bond donors (Lipinski definition) is 0. The second-order valence-electron chi connectivity index (χ2n) is 1.88. The highest BCUT2D eigenvalue weighted by atomic mass is 32.3. The Balaban J connectivity index is 3.81. The Kier molecular flexibility index (Phi) is 5.60. The zero-order valence-electron chi connectivity index (χ0n) is 7.48. The SMILES string of the molecule is CCOC(=O)COS(=O)(=O)OCC. The lowest BCUT2D eigenvalue weighted by Gasteiger charge is -2.03. The van der Waals surface area contributed by atoms with Crippen molar-refractivity contribution in [2.24, 2.45) is 0 Å². The van der Waals surface area contributed by atoms with Crippen LogP contribution in [0, 0.1) is 0 Å². The lowest BCUT2D eigenvalue weighted by Crippen LogP contribution is -2.18. The quantitative estimate of drug-likeness (QED) is 0.569. The molecule has 0 unspecified atom stereocenters. The molecule has 0 spiro atoms. The van der Waals surface area contributed by atoms with Gasteiger partial charge in [0, 0.05) is 0 Å². The van der Waals surface area contributed by atoms with Crippen LogP contribution in [0.25, 0.3) is 0 Å². The Morgan fingerprint density at radius 2 is 1.77 bits per heavy atom. The van der Waals surface area contributed by atoms with Crippen LogP contribution in [-0.2, 0) is 28.3 Å². The van der Waals surface area contributed by atoms with Crippen LogP contribution in [0.2, 0.25) is 0 Å². The summed E-state index contributed by atoms with van der Waals surface area (Å²) in [6, 6.07) is 0. The summed E-state index contributed by atoms with van der Waals surface area (Å²) in [5.74, 6) is -0.745. The van der Waals surface area contributed by atoms with Gasteiger partial charge in [-0.3, -0.25) is 0 Å². The summed E-state index contributed by atoms with van der Waals surface area (Å²) in [5, 5.41) is 0. The van der Waals surface area contributed by atoms with Gasteiger partial charge in [-0.15, -0.1) is 0 Å². The lowest BCUT2D eigenvalue weighted by atomic mass is 10.7. The van der Waals surface area contributed by atoms with Gasteiger partial charge in [-0.05, 0) is 13.8 Å². The summed E-state index contributed by atoms with van der Waals surface area (Å²) in [5.41, 5.74) is 0. The fourth-order valence-corrected chi connectivity index (χ4v) is 1.10. The number of ether oxygens (including phenoxy) is 1. The molecule has 0 aliphatic rings. The molecule has 0 aliphatic heterocycles. The molecule has 0 saturated carbocycles. The van der Waals surface area contributed by atoms with Gasteiger partial charge in [0.1, 0.15) is 0 Å². The maximum Gasteiger partial charge on any atom is 0.400 e. The molecule has 0 aromatic carbocycles. The first-order valence-electron chi connectivity index (χ1n) is 3.71. The molecule has 0 aromatic rings. The third-order valence-corrected chi connectivity index (χ3v) is 1.82. The van der Waals surface area contributed by atoms with E-state index in [0.717, 1.165) is 0 Å². The van der Waals surface area contributed by atoms with Crippen molar-refractivity contribution in [1.29, 1.82) is 0 Å². The Hall–Kier alpha value is -0.660. The van der Waals surface area contributed by atoms with Gasteiger partial charge in [0.15, 0.2) is 6.61 Å². The molecule has 0 saturated heterocycles. The third kappa shape index (κ3) is 6.50. The third-order valence-electron chi connectivity index (χ3n) is 0.889. The van der Waals surface area contributed by atoms with E-state index >= 15 is 0 Å². The van der Waals surface area contributed by atoms with E-state index < -0.39 is 23.0 Å². The highest BCUT2D eigenvalue weighted by molar-refractivity contribution is 7.81. The maximum absolute atomic E-state index is 10.7. The minimum atomic E-state index is -4.05. The van der Waals surface area contributed by atoms with Gasteiger partial charge in [-0.2, -0.15) is 8.42 Å². The van der Waals surface area contributed by atoms with E-state index in [0.29, 0.717) is 0 Å². The number of hydrogen-bond acceptors (Lipinski definition) is 6. The first-order chi connectivity index (χ1) is 6.02. The first kappa shape index (κ1) is 12.3. The topological polar surface area (TPSA) is 78.9 Å². The molecular formula is C6H12O6S. The summed E-state index contributed by atoms with van der Waals surface area (Å²) < 4.78 is 34.2. The molecule has 0 fully saturated rings. The molecule has 0 aliphatic carbocycles. The van der Waals surface area contributed by atoms with Crippen molar-refractivity contribution in [2.75, 3.05) is 19.8 Å². The number of carbonyl (C=O) groups is 1. The Morgan fingerprint density at radius 1 is 1.15 bits per heavy atom. The fourth-order valence-electron chi connectivity index (χ4n) is 0.501. The fraction of sp³-hybridized carbons (Fsp3) is 0.833. The first-order valence-corrected chi connectivity index (χ1v) is 5.04. The lowest BCUT2D eigenvalue weighted by molar-refractivity contribution is -0.145. The minimum absolute atomic E-state index is 0.0365. The van der Waals surface area contributed by atoms with Crippen LogP contribution in [0.15, 0.2) is 0 Å². The molecule has 0 aromatic heterocycles. The number of rotatable bonds is 6. The monoisotopic (exact) mass is 212 g/mol. The average Bonchev–Trinajstić information content (AvgIpc) is 2.02. The minimum Gasteiger partial charge on any atom is -0.464 e. The van der Waals surface area contributed by atoms with E-state index in [2.05, 4.69) is 13.1 Å². The van der Waals surface area contributed by atoms with Crippen LogP contribution in [-0.4, -0.2) is 34.2 Å². The van der Waals surface area contributed by atoms with Crippen LogP contribution in [0.5, 0.6) is 0 Å². The van der Waals surface area contributed by atoms with Crippen molar-refractivity contribution in [1.82, 2.24) is 0 Å². The highest BCUT2D eigenvalue weighted by Crippen LogP contribution is 1.95. The van der Waals surface area contributed by atoms with Crippen molar-refractivity contribution in [3.8, 4) is 0 Å². The summed E-state index contributed by atoms with van der Waals surface area (Å²) in [4.78, 5) is 10.6. The molecule has 0 rings (SSSR count). The van der Waals surface area contributed by atoms with Crippen molar-refractivity contribution in [3.63, 3.8) is 0 Å². The smallest absolute Gasteiger partial charge is 0.400 e. The van der Waals surface area contributed by atoms with Crippen LogP contribution in [0.3, 0.4) is 0 Å². The second-order valence-corrected chi connectivity index (χ2v) is 3.17. The Morgan fingerprint density at radius 3 is 2.23 bits per heavy atom. The molecule has 0 atom stereocenters. The Labute approximate surface area is 77.1 Å². The molecule has 0 amide bonds. The van der Waals surface area contributed by atoms with Crippen LogP contribution in [0.1, 0.15) is 13.8 Å². The zero-order valence-corrected chi connectivity index (χ0v) is 8.30. The molecule has 0 heterocycles. The highest BCUT2D eigenvalue weighted by Gasteiger charge is 2.13. The van der Waals surface area contributed by atoms with Crippen molar-refractivity contribution >= 4 is 16.4 Å². The summed E-state index contributed by atoms with van der Waals surface area (Å²) in [7, 11) is -4.05. The van der Waals surface area contributed by atoms with Crippen LogP contribution < -0.4 is 0 Å². The predicted molar refractivity (Wildman–Crippen MR) is 43.1 cm³/mol. The van der Waals surface area contributed by atoms with E-state index in [1.54, 1.807) is 6.92 Å². The maximum atomic E-state index is 10.7. The Bertz CT molecular complexity index is 244. The molecule has 0 radical (unpaired) electrons. The molecule has 6 nitrogen and oxygen atoms in total. The van der Waals surface area contributed by atoms with Crippen molar-refractivity contribution in [3.05, 3.63) is 0 Å². The zero-order chi connectivity index (χ0) is 10.3. The predicted octanol–water partition coefficient (Wildman–Crippen LogP) is -0.153. The normalized spacial score (nSPS) is 11.2. The summed E-state index contributed by atoms with van der Waals surface area (Å²) in [6.45, 7) is 2.58. The van der Waals surface area contributed by atoms with Gasteiger partial charge in [-0.25, -0.2) is 13.2 Å². The van der Waals surface area contributed by atoms with E-state index in [-0.39, 0.29) is 13.2 Å². The van der Waals surface area contributed by atoms with Crippen LogP contribution >= 0.6 is 0 Å². The van der Waals surface area contributed by atoms with E-state index in [9.17, 15) is 13.2 Å². The van der Waals surface area contributed by atoms with Crippen LogP contribution in [0.4, 0.5) is 0 Å². The van der Waals surface area contributed by atoms with Gasteiger partial charge in [0.2, 0.25) is 0 Å². The summed E-state index contributed by atoms with van der Waals surface area (Å²) >= 11 is 0. The van der Waals surface area contributed by atoms with Crippen molar-refractivity contribution in [2.45, 2.75) is 13.8 Å². The standard InChI is InChI=1S/C6H12O6S/c1-3-10-6(7)5-12-13(8,9)11-4-2/h3-5H2,1-2H3. The van der Waals surface area contributed by atoms with Gasteiger partial charge in [-0.1, -0.05) is 0 Å². The summed E-state index contributed by atoms with van der Waals surface area (Å²) in [6.07, 6.45) is 0. The molecule has 0 N–H and O–H groups in total. The van der Waals surface area contributed by atoms with Gasteiger partial charge in [0.05, 0.1) is 13.2 Å².